The first-order valence-corrected chi connectivity index (χ1v) is 11.2. The van der Waals surface area contributed by atoms with E-state index in [1.54, 1.807) is 24.6 Å². The fourth-order valence-electron chi connectivity index (χ4n) is 3.72. The first kappa shape index (κ1) is 20.3. The largest absolute Gasteiger partial charge is 0.377 e. The molecule has 3 aromatic heterocycles. The van der Waals surface area contributed by atoms with E-state index in [9.17, 15) is 4.79 Å². The van der Waals surface area contributed by atoms with Crippen LogP contribution in [0.5, 0.6) is 0 Å². The zero-order valence-electron chi connectivity index (χ0n) is 17.5. The predicted octanol–water partition coefficient (Wildman–Crippen LogP) is 3.58. The van der Waals surface area contributed by atoms with Crippen LogP contribution in [0.25, 0.3) is 21.3 Å². The molecule has 1 aromatic carbocycles. The van der Waals surface area contributed by atoms with Crippen LogP contribution in [0, 0.1) is 0 Å². The highest BCUT2D eigenvalue weighted by atomic mass is 32.1. The molecule has 2 N–H and O–H groups in total. The summed E-state index contributed by atoms with van der Waals surface area (Å²) in [5.41, 5.74) is 3.01. The number of pyridine rings is 1. The average Bonchev–Trinajstić information content (AvgIpc) is 3.25. The van der Waals surface area contributed by atoms with Crippen molar-refractivity contribution in [2.75, 3.05) is 37.0 Å². The number of anilines is 3. The third-order valence-corrected chi connectivity index (χ3v) is 6.08. The van der Waals surface area contributed by atoms with Gasteiger partial charge in [-0.1, -0.05) is 30.3 Å². The lowest BCUT2D eigenvalue weighted by molar-refractivity contribution is -0.120. The van der Waals surface area contributed by atoms with Gasteiger partial charge in [0.1, 0.15) is 23.1 Å². The molecule has 0 aliphatic carbocycles. The van der Waals surface area contributed by atoms with Crippen molar-refractivity contribution in [2.45, 2.75) is 6.61 Å². The molecule has 0 saturated carbocycles. The summed E-state index contributed by atoms with van der Waals surface area (Å²) in [7, 11) is 1.63. The maximum absolute atomic E-state index is 11.7. The Labute approximate surface area is 189 Å². The number of carbonyl (C=O) groups excluding carboxylic acids is 1. The van der Waals surface area contributed by atoms with Crippen LogP contribution in [0.2, 0.25) is 0 Å². The minimum Gasteiger partial charge on any atom is -0.377 e. The molecule has 32 heavy (non-hydrogen) atoms. The summed E-state index contributed by atoms with van der Waals surface area (Å²) in [4.78, 5) is 28.5. The van der Waals surface area contributed by atoms with Gasteiger partial charge in [-0.05, 0) is 17.7 Å². The monoisotopic (exact) mass is 446 g/mol. The number of methoxy groups -OCH3 is 1. The van der Waals surface area contributed by atoms with Crippen molar-refractivity contribution >= 4 is 44.8 Å². The lowest BCUT2D eigenvalue weighted by Gasteiger charge is -2.27. The number of benzene rings is 1. The van der Waals surface area contributed by atoms with E-state index in [-0.39, 0.29) is 5.91 Å². The number of fused-ring (bicyclic) bond motifs is 1. The van der Waals surface area contributed by atoms with Crippen LogP contribution in [-0.4, -0.2) is 47.6 Å². The van der Waals surface area contributed by atoms with E-state index in [4.69, 9.17) is 9.72 Å². The zero-order chi connectivity index (χ0) is 21.9. The van der Waals surface area contributed by atoms with E-state index >= 15 is 0 Å². The molecule has 5 rings (SSSR count). The topological polar surface area (TPSA) is 92.3 Å². The molecule has 8 nitrogen and oxygen atoms in total. The third-order valence-electron chi connectivity index (χ3n) is 5.21. The van der Waals surface area contributed by atoms with Gasteiger partial charge in [0.25, 0.3) is 0 Å². The second-order valence-electron chi connectivity index (χ2n) is 7.42. The molecular weight excluding hydrogens is 424 g/mol. The van der Waals surface area contributed by atoms with Crippen molar-refractivity contribution in [2.24, 2.45) is 0 Å². The number of hydrogen-bond acceptors (Lipinski definition) is 8. The van der Waals surface area contributed by atoms with Crippen LogP contribution in [0.3, 0.4) is 0 Å². The third kappa shape index (κ3) is 4.12. The first-order valence-electron chi connectivity index (χ1n) is 10.3. The Morgan fingerprint density at radius 2 is 2.06 bits per heavy atom. The number of rotatable bonds is 6. The fraction of sp³-hybridized carbons (Fsp3) is 0.217. The van der Waals surface area contributed by atoms with Crippen LogP contribution in [0.4, 0.5) is 17.3 Å². The Balaban J connectivity index is 1.50. The Kier molecular flexibility index (Phi) is 5.66. The van der Waals surface area contributed by atoms with Gasteiger partial charge in [-0.25, -0.2) is 15.0 Å². The number of ether oxygens (including phenoxy) is 1. The van der Waals surface area contributed by atoms with Gasteiger partial charge in [0, 0.05) is 31.1 Å². The number of thiophene rings is 1. The number of carbonyl (C=O) groups is 1. The van der Waals surface area contributed by atoms with Gasteiger partial charge < -0.3 is 20.3 Å². The highest BCUT2D eigenvalue weighted by Crippen LogP contribution is 2.38. The van der Waals surface area contributed by atoms with Crippen molar-refractivity contribution in [3.8, 4) is 11.1 Å². The summed E-state index contributed by atoms with van der Waals surface area (Å²) in [6, 6.07) is 14.1. The molecular formula is C23H22N6O2S. The number of amides is 1. The second kappa shape index (κ2) is 8.89. The fourth-order valence-corrected chi connectivity index (χ4v) is 4.68. The first-order chi connectivity index (χ1) is 15.7. The Morgan fingerprint density at radius 3 is 2.81 bits per heavy atom. The molecule has 0 radical (unpaired) electrons. The average molecular weight is 447 g/mol. The molecule has 1 fully saturated rings. The predicted molar refractivity (Wildman–Crippen MR) is 126 cm³/mol. The number of aromatic nitrogens is 3. The number of nitrogens with one attached hydrogen (secondary N) is 2. The highest BCUT2D eigenvalue weighted by molar-refractivity contribution is 7.17. The summed E-state index contributed by atoms with van der Waals surface area (Å²) < 4.78 is 5.27. The van der Waals surface area contributed by atoms with Crippen LogP contribution in [-0.2, 0) is 16.1 Å². The number of piperazine rings is 1. The molecule has 1 amide bonds. The molecule has 9 heteroatoms. The molecule has 1 aliphatic heterocycles. The number of nitrogens with zero attached hydrogens (tertiary/aromatic N) is 4. The molecule has 1 aliphatic rings. The van der Waals surface area contributed by atoms with Crippen LogP contribution >= 0.6 is 11.3 Å². The lowest BCUT2D eigenvalue weighted by Crippen LogP contribution is -2.48. The molecule has 4 aromatic rings. The Hall–Kier alpha value is -3.56. The smallest absolute Gasteiger partial charge is 0.239 e. The quantitative estimate of drug-likeness (QED) is 0.468. The van der Waals surface area contributed by atoms with Gasteiger partial charge in [0.2, 0.25) is 5.91 Å². The maximum Gasteiger partial charge on any atom is 0.239 e. The second-order valence-corrected chi connectivity index (χ2v) is 8.28. The summed E-state index contributed by atoms with van der Waals surface area (Å²) in [5.74, 6) is 2.13. The molecule has 0 unspecified atom stereocenters. The minimum atomic E-state index is 0.0141. The van der Waals surface area contributed by atoms with Crippen LogP contribution in [0.1, 0.15) is 5.82 Å². The molecule has 0 atom stereocenters. The maximum atomic E-state index is 11.7. The van der Waals surface area contributed by atoms with Gasteiger partial charge in [0.05, 0.1) is 23.8 Å². The van der Waals surface area contributed by atoms with Crippen molar-refractivity contribution < 1.29 is 9.53 Å². The van der Waals surface area contributed by atoms with Gasteiger partial charge in [-0.3, -0.25) is 4.79 Å². The van der Waals surface area contributed by atoms with Gasteiger partial charge in [0.15, 0.2) is 5.82 Å². The van der Waals surface area contributed by atoms with Gasteiger partial charge >= 0.3 is 0 Å². The Morgan fingerprint density at radius 1 is 1.19 bits per heavy atom. The Bertz CT molecular complexity index is 1240. The highest BCUT2D eigenvalue weighted by Gasteiger charge is 2.18. The zero-order valence-corrected chi connectivity index (χ0v) is 18.4. The van der Waals surface area contributed by atoms with E-state index in [0.29, 0.717) is 31.3 Å². The van der Waals surface area contributed by atoms with Crippen molar-refractivity contribution in [1.82, 2.24) is 20.3 Å². The molecule has 4 heterocycles. The normalized spacial score (nSPS) is 13.9. The lowest BCUT2D eigenvalue weighted by atomic mass is 10.1. The van der Waals surface area contributed by atoms with E-state index in [1.807, 2.05) is 35.2 Å². The van der Waals surface area contributed by atoms with Crippen molar-refractivity contribution in [1.29, 1.82) is 0 Å². The summed E-state index contributed by atoms with van der Waals surface area (Å²) in [6.07, 6.45) is 1.76. The molecule has 0 bridgehead atoms. The van der Waals surface area contributed by atoms with E-state index in [2.05, 4.69) is 38.1 Å². The number of hydrogen-bond donors (Lipinski definition) is 2. The van der Waals surface area contributed by atoms with E-state index in [0.717, 1.165) is 39.4 Å². The molecule has 162 valence electrons. The molecule has 1 saturated heterocycles. The van der Waals surface area contributed by atoms with Gasteiger partial charge in [-0.15, -0.1) is 11.3 Å². The summed E-state index contributed by atoms with van der Waals surface area (Å²) in [5, 5.41) is 9.33. The van der Waals surface area contributed by atoms with Crippen LogP contribution in [0.15, 0.2) is 54.0 Å². The van der Waals surface area contributed by atoms with E-state index in [1.165, 1.54) is 0 Å². The van der Waals surface area contributed by atoms with Crippen molar-refractivity contribution in [3.63, 3.8) is 0 Å². The summed E-state index contributed by atoms with van der Waals surface area (Å²) >= 11 is 1.59. The standard InChI is InChI=1S/C23H22N6O2S/c1-31-13-18-27-22(21-17(14-32-23(21)28-18)15-5-3-2-4-6-15)26-16-7-8-19(25-11-16)29-10-9-24-20(30)12-29/h2-8,11,14H,9-10,12-13H2,1H3,(H,24,30)(H,26,27,28). The van der Waals surface area contributed by atoms with E-state index < -0.39 is 0 Å². The van der Waals surface area contributed by atoms with Crippen LogP contribution < -0.4 is 15.5 Å². The SMILES string of the molecule is COCc1nc(Nc2ccc(N3CCNC(=O)C3)nc2)c2c(-c3ccccc3)csc2n1. The van der Waals surface area contributed by atoms with Crippen molar-refractivity contribution in [3.05, 3.63) is 59.9 Å². The minimum absolute atomic E-state index is 0.0141. The van der Waals surface area contributed by atoms with Gasteiger partial charge in [-0.2, -0.15) is 0 Å². The summed E-state index contributed by atoms with van der Waals surface area (Å²) in [6.45, 7) is 2.02. The molecule has 0 spiro atoms.